The number of carbonyl (C=O) groups excluding carboxylic acids is 1. The van der Waals surface area contributed by atoms with Crippen LogP contribution in [0.1, 0.15) is 28.3 Å². The van der Waals surface area contributed by atoms with Crippen LogP contribution in [0.25, 0.3) is 0 Å². The average Bonchev–Trinajstić information content (AvgIpc) is 2.89. The summed E-state index contributed by atoms with van der Waals surface area (Å²) in [4.78, 5) is 23.7. The molecule has 2 rings (SSSR count). The molecule has 0 aliphatic heterocycles. The predicted octanol–water partition coefficient (Wildman–Crippen LogP) is 1.05. The van der Waals surface area contributed by atoms with Crippen molar-refractivity contribution in [1.29, 1.82) is 0 Å². The van der Waals surface area contributed by atoms with E-state index in [4.69, 9.17) is 5.73 Å². The molecule has 94 valence electrons. The number of nitrogens with zero attached hydrogens (tertiary/aromatic N) is 3. The monoisotopic (exact) mass is 263 g/mol. The lowest BCUT2D eigenvalue weighted by Gasteiger charge is -2.09. The lowest BCUT2D eigenvalue weighted by molar-refractivity contribution is 0.0946. The summed E-state index contributed by atoms with van der Waals surface area (Å²) in [6.07, 6.45) is 4.54. The van der Waals surface area contributed by atoms with Gasteiger partial charge in [0.1, 0.15) is 11.5 Å². The van der Waals surface area contributed by atoms with E-state index in [1.807, 2.05) is 12.3 Å². The lowest BCUT2D eigenvalue weighted by atomic mass is 10.2. The average molecular weight is 263 g/mol. The molecule has 0 aliphatic carbocycles. The van der Waals surface area contributed by atoms with Crippen LogP contribution in [0.4, 0.5) is 5.82 Å². The Kier molecular flexibility index (Phi) is 3.83. The third-order valence-electron chi connectivity index (χ3n) is 2.33. The number of aromatic nitrogens is 3. The summed E-state index contributed by atoms with van der Waals surface area (Å²) < 4.78 is 0. The van der Waals surface area contributed by atoms with Gasteiger partial charge in [0.2, 0.25) is 0 Å². The second-order valence-electron chi connectivity index (χ2n) is 3.81. The molecular weight excluding hydrogens is 250 g/mol. The van der Waals surface area contributed by atoms with Crippen LogP contribution in [0.2, 0.25) is 0 Å². The second-order valence-corrected chi connectivity index (χ2v) is 4.74. The van der Waals surface area contributed by atoms with Crippen LogP contribution >= 0.6 is 11.3 Å². The number of amides is 1. The molecule has 1 amide bonds. The maximum atomic E-state index is 11.8. The zero-order chi connectivity index (χ0) is 13.0. The summed E-state index contributed by atoms with van der Waals surface area (Å²) in [7, 11) is 0. The van der Waals surface area contributed by atoms with Gasteiger partial charge in [-0.2, -0.15) is 0 Å². The Hall–Kier alpha value is -2.02. The van der Waals surface area contributed by atoms with Gasteiger partial charge < -0.3 is 11.1 Å². The Balaban J connectivity index is 1.92. The van der Waals surface area contributed by atoms with E-state index in [1.54, 1.807) is 17.5 Å². The maximum Gasteiger partial charge on any atom is 0.271 e. The highest BCUT2D eigenvalue weighted by molar-refractivity contribution is 7.09. The van der Waals surface area contributed by atoms with Gasteiger partial charge in [-0.1, -0.05) is 6.92 Å². The van der Waals surface area contributed by atoms with Crippen LogP contribution < -0.4 is 11.1 Å². The van der Waals surface area contributed by atoms with Crippen LogP contribution in [0.15, 0.2) is 24.0 Å². The fourth-order valence-electron chi connectivity index (χ4n) is 1.39. The quantitative estimate of drug-likeness (QED) is 0.859. The van der Waals surface area contributed by atoms with E-state index in [0.29, 0.717) is 6.54 Å². The molecule has 1 unspecified atom stereocenters. The number of hydrogen-bond acceptors (Lipinski definition) is 6. The van der Waals surface area contributed by atoms with Crippen molar-refractivity contribution >= 4 is 23.1 Å². The number of rotatable bonds is 4. The van der Waals surface area contributed by atoms with Gasteiger partial charge in [-0.05, 0) is 0 Å². The molecule has 2 aromatic heterocycles. The minimum atomic E-state index is -0.279. The summed E-state index contributed by atoms with van der Waals surface area (Å²) in [5, 5.41) is 5.69. The molecule has 2 heterocycles. The number of anilines is 1. The van der Waals surface area contributed by atoms with Crippen molar-refractivity contribution < 1.29 is 4.79 Å². The van der Waals surface area contributed by atoms with Crippen molar-refractivity contribution in [1.82, 2.24) is 20.3 Å². The zero-order valence-corrected chi connectivity index (χ0v) is 10.6. The number of hydrogen-bond donors (Lipinski definition) is 2. The van der Waals surface area contributed by atoms with Gasteiger partial charge in [-0.25, -0.2) is 9.97 Å². The Morgan fingerprint density at radius 1 is 1.56 bits per heavy atom. The largest absolute Gasteiger partial charge is 0.382 e. The van der Waals surface area contributed by atoms with Gasteiger partial charge in [0.05, 0.1) is 17.4 Å². The van der Waals surface area contributed by atoms with E-state index >= 15 is 0 Å². The van der Waals surface area contributed by atoms with Crippen molar-refractivity contribution in [3.8, 4) is 0 Å². The van der Waals surface area contributed by atoms with Crippen molar-refractivity contribution in [2.75, 3.05) is 12.3 Å². The van der Waals surface area contributed by atoms with E-state index in [9.17, 15) is 4.79 Å². The molecule has 6 nitrogen and oxygen atoms in total. The number of nitrogens with two attached hydrogens (primary N) is 1. The van der Waals surface area contributed by atoms with Gasteiger partial charge in [-0.15, -0.1) is 11.3 Å². The molecule has 3 N–H and O–H groups in total. The Morgan fingerprint density at radius 3 is 3.06 bits per heavy atom. The fraction of sp³-hybridized carbons (Fsp3) is 0.273. The highest BCUT2D eigenvalue weighted by Gasteiger charge is 2.12. The van der Waals surface area contributed by atoms with Crippen molar-refractivity contribution in [2.45, 2.75) is 12.8 Å². The number of nitrogens with one attached hydrogen (secondary N) is 1. The minimum Gasteiger partial charge on any atom is -0.382 e. The van der Waals surface area contributed by atoms with E-state index in [2.05, 4.69) is 20.3 Å². The first-order valence-electron chi connectivity index (χ1n) is 5.42. The molecule has 0 saturated carbocycles. The maximum absolute atomic E-state index is 11.8. The summed E-state index contributed by atoms with van der Waals surface area (Å²) in [5.41, 5.74) is 5.69. The van der Waals surface area contributed by atoms with E-state index in [0.717, 1.165) is 5.01 Å². The molecule has 0 aliphatic rings. The molecule has 1 atom stereocenters. The van der Waals surface area contributed by atoms with E-state index in [1.165, 1.54) is 12.4 Å². The van der Waals surface area contributed by atoms with Gasteiger partial charge in [0.25, 0.3) is 5.91 Å². The molecule has 7 heteroatoms. The molecule has 0 aromatic carbocycles. The third-order valence-corrected chi connectivity index (χ3v) is 3.33. The summed E-state index contributed by atoms with van der Waals surface area (Å²) in [5.74, 6) is 0.122. The molecular formula is C11H13N5OS. The molecule has 0 radical (unpaired) electrons. The van der Waals surface area contributed by atoms with Gasteiger partial charge >= 0.3 is 0 Å². The third kappa shape index (κ3) is 3.01. The number of nitrogen functional groups attached to an aromatic ring is 1. The lowest BCUT2D eigenvalue weighted by Crippen LogP contribution is -2.28. The van der Waals surface area contributed by atoms with Gasteiger partial charge in [-0.3, -0.25) is 9.78 Å². The van der Waals surface area contributed by atoms with E-state index < -0.39 is 0 Å². The van der Waals surface area contributed by atoms with Crippen LogP contribution in [0, 0.1) is 0 Å². The molecule has 0 saturated heterocycles. The first-order chi connectivity index (χ1) is 8.66. The number of thiazole rings is 1. The first kappa shape index (κ1) is 12.4. The number of carbonyl (C=O) groups is 1. The van der Waals surface area contributed by atoms with Crippen molar-refractivity contribution in [3.63, 3.8) is 0 Å². The summed E-state index contributed by atoms with van der Waals surface area (Å²) in [6, 6.07) is 0. The minimum absolute atomic E-state index is 0.169. The van der Waals surface area contributed by atoms with Crippen LogP contribution in [-0.4, -0.2) is 27.4 Å². The molecule has 18 heavy (non-hydrogen) atoms. The van der Waals surface area contributed by atoms with Gasteiger partial charge in [0.15, 0.2) is 0 Å². The first-order valence-corrected chi connectivity index (χ1v) is 6.30. The molecule has 0 bridgehead atoms. The van der Waals surface area contributed by atoms with Crippen LogP contribution in [-0.2, 0) is 0 Å². The summed E-state index contributed by atoms with van der Waals surface area (Å²) >= 11 is 1.57. The SMILES string of the molecule is CC(CNC(=O)c1cncc(N)n1)c1nccs1. The standard InChI is InChI=1S/C11H13N5OS/c1-7(11-14-2-3-18-11)4-15-10(17)8-5-13-6-9(12)16-8/h2-3,5-7H,4H2,1H3,(H2,12,16)(H,15,17). The topological polar surface area (TPSA) is 93.8 Å². The normalized spacial score (nSPS) is 12.1. The van der Waals surface area contributed by atoms with Crippen molar-refractivity contribution in [3.05, 3.63) is 34.7 Å². The molecule has 0 spiro atoms. The summed E-state index contributed by atoms with van der Waals surface area (Å²) in [6.45, 7) is 2.51. The van der Waals surface area contributed by atoms with Crippen LogP contribution in [0.3, 0.4) is 0 Å². The fourth-order valence-corrected chi connectivity index (χ4v) is 2.09. The Labute approximate surface area is 108 Å². The molecule has 0 fully saturated rings. The Bertz CT molecular complexity index is 528. The Morgan fingerprint density at radius 2 is 2.39 bits per heavy atom. The van der Waals surface area contributed by atoms with Crippen LogP contribution in [0.5, 0.6) is 0 Å². The predicted molar refractivity (Wildman–Crippen MR) is 69.3 cm³/mol. The van der Waals surface area contributed by atoms with E-state index in [-0.39, 0.29) is 23.3 Å². The highest BCUT2D eigenvalue weighted by atomic mass is 32.1. The zero-order valence-electron chi connectivity index (χ0n) is 9.83. The van der Waals surface area contributed by atoms with Crippen molar-refractivity contribution in [2.24, 2.45) is 0 Å². The molecule has 2 aromatic rings. The second kappa shape index (κ2) is 5.54. The highest BCUT2D eigenvalue weighted by Crippen LogP contribution is 2.16. The smallest absolute Gasteiger partial charge is 0.271 e. The van der Waals surface area contributed by atoms with Gasteiger partial charge in [0, 0.05) is 24.0 Å².